The molecular formula is C15H20F3N3O4. The number of anilines is 1. The van der Waals surface area contributed by atoms with Crippen LogP contribution in [0.2, 0.25) is 0 Å². The Balaban J connectivity index is 1.86. The number of alkyl halides is 3. The summed E-state index contributed by atoms with van der Waals surface area (Å²) in [6, 6.07) is 0.357. The van der Waals surface area contributed by atoms with Crippen molar-refractivity contribution in [3.63, 3.8) is 0 Å². The largest absolute Gasteiger partial charge is 0.433 e. The van der Waals surface area contributed by atoms with Crippen molar-refractivity contribution in [1.82, 2.24) is 9.97 Å². The van der Waals surface area contributed by atoms with Crippen molar-refractivity contribution in [2.24, 2.45) is 0 Å². The van der Waals surface area contributed by atoms with E-state index in [0.29, 0.717) is 0 Å². The molecule has 1 aromatic heterocycles. The lowest BCUT2D eigenvalue weighted by atomic mass is 9.97. The van der Waals surface area contributed by atoms with Gasteiger partial charge in [-0.25, -0.2) is 9.97 Å². The minimum atomic E-state index is -4.55. The molecule has 0 spiro atoms. The van der Waals surface area contributed by atoms with Crippen molar-refractivity contribution < 1.29 is 32.5 Å². The summed E-state index contributed by atoms with van der Waals surface area (Å²) in [5.41, 5.74) is -1.02. The number of fused-ring (bicyclic) bond motifs is 1. The first-order chi connectivity index (χ1) is 11.6. The van der Waals surface area contributed by atoms with E-state index in [9.17, 15) is 18.3 Å². The second-order valence-electron chi connectivity index (χ2n) is 6.54. The molecule has 0 amide bonds. The SMILES string of the molecule is CN(c1nccc(C(F)(F)F)n1)[C@H]1CO[C@H](CO)[C@@H]2OC(C)(C)O[C@@H]21. The van der Waals surface area contributed by atoms with Crippen LogP contribution in [-0.2, 0) is 20.4 Å². The molecule has 0 radical (unpaired) electrons. The minimum Gasteiger partial charge on any atom is -0.394 e. The van der Waals surface area contributed by atoms with Crippen LogP contribution >= 0.6 is 0 Å². The van der Waals surface area contributed by atoms with E-state index in [4.69, 9.17) is 14.2 Å². The topological polar surface area (TPSA) is 76.9 Å². The number of halogens is 3. The van der Waals surface area contributed by atoms with Gasteiger partial charge in [0.05, 0.1) is 19.3 Å². The molecule has 0 aliphatic carbocycles. The monoisotopic (exact) mass is 363 g/mol. The summed E-state index contributed by atoms with van der Waals surface area (Å²) in [5, 5.41) is 9.45. The number of aromatic nitrogens is 2. The molecule has 2 saturated heterocycles. The van der Waals surface area contributed by atoms with E-state index in [-0.39, 0.29) is 19.2 Å². The minimum absolute atomic E-state index is 0.0853. The van der Waals surface area contributed by atoms with Gasteiger partial charge in [-0.1, -0.05) is 0 Å². The average Bonchev–Trinajstić information content (AvgIpc) is 2.87. The molecule has 1 aromatic rings. The van der Waals surface area contributed by atoms with Gasteiger partial charge in [-0.05, 0) is 19.9 Å². The lowest BCUT2D eigenvalue weighted by Crippen LogP contribution is -2.58. The molecule has 0 saturated carbocycles. The predicted molar refractivity (Wildman–Crippen MR) is 79.9 cm³/mol. The van der Waals surface area contributed by atoms with Gasteiger partial charge < -0.3 is 24.2 Å². The zero-order chi connectivity index (χ0) is 18.4. The number of likely N-dealkylation sites (N-methyl/N-ethyl adjacent to an activating group) is 1. The fourth-order valence-electron chi connectivity index (χ4n) is 3.13. The van der Waals surface area contributed by atoms with Gasteiger partial charge in [-0.15, -0.1) is 0 Å². The summed E-state index contributed by atoms with van der Waals surface area (Å²) < 4.78 is 56.0. The first-order valence-corrected chi connectivity index (χ1v) is 7.83. The van der Waals surface area contributed by atoms with Crippen molar-refractivity contribution in [3.05, 3.63) is 18.0 Å². The van der Waals surface area contributed by atoms with Crippen LogP contribution in [0.3, 0.4) is 0 Å². The number of rotatable bonds is 3. The van der Waals surface area contributed by atoms with Crippen LogP contribution in [0.25, 0.3) is 0 Å². The highest BCUT2D eigenvalue weighted by atomic mass is 19.4. The Morgan fingerprint density at radius 3 is 2.64 bits per heavy atom. The third-order valence-electron chi connectivity index (χ3n) is 4.32. The molecule has 3 heterocycles. The summed E-state index contributed by atoms with van der Waals surface area (Å²) in [6.07, 6.45) is -5.08. The molecule has 140 valence electrons. The van der Waals surface area contributed by atoms with Crippen molar-refractivity contribution in [1.29, 1.82) is 0 Å². The lowest BCUT2D eigenvalue weighted by molar-refractivity contribution is -0.157. The van der Waals surface area contributed by atoms with Crippen molar-refractivity contribution >= 4 is 5.95 Å². The summed E-state index contributed by atoms with van der Waals surface area (Å²) in [4.78, 5) is 9.02. The molecule has 2 fully saturated rings. The number of hydrogen-bond donors (Lipinski definition) is 1. The Hall–Kier alpha value is -1.49. The highest BCUT2D eigenvalue weighted by molar-refractivity contribution is 5.33. The average molecular weight is 363 g/mol. The summed E-state index contributed by atoms with van der Waals surface area (Å²) in [6.45, 7) is 3.37. The van der Waals surface area contributed by atoms with Gasteiger partial charge in [-0.2, -0.15) is 13.2 Å². The van der Waals surface area contributed by atoms with E-state index < -0.39 is 42.0 Å². The molecule has 0 aromatic carbocycles. The van der Waals surface area contributed by atoms with Crippen molar-refractivity contribution in [3.8, 4) is 0 Å². The van der Waals surface area contributed by atoms with Gasteiger partial charge in [0, 0.05) is 13.2 Å². The maximum atomic E-state index is 12.9. The molecule has 4 atom stereocenters. The highest BCUT2D eigenvalue weighted by Crippen LogP contribution is 2.37. The second kappa shape index (κ2) is 6.35. The third-order valence-corrected chi connectivity index (χ3v) is 4.32. The van der Waals surface area contributed by atoms with Gasteiger partial charge in [0.15, 0.2) is 5.79 Å². The predicted octanol–water partition coefficient (Wildman–Crippen LogP) is 1.21. The quantitative estimate of drug-likeness (QED) is 0.865. The van der Waals surface area contributed by atoms with Crippen molar-refractivity contribution in [2.75, 3.05) is 25.2 Å². The number of aliphatic hydroxyl groups excluding tert-OH is 1. The summed E-state index contributed by atoms with van der Waals surface area (Å²) >= 11 is 0. The van der Waals surface area contributed by atoms with Crippen LogP contribution in [0.1, 0.15) is 19.5 Å². The fraction of sp³-hybridized carbons (Fsp3) is 0.733. The third kappa shape index (κ3) is 3.57. The molecule has 2 aliphatic rings. The second-order valence-corrected chi connectivity index (χ2v) is 6.54. The Morgan fingerprint density at radius 2 is 2.00 bits per heavy atom. The number of hydrogen-bond acceptors (Lipinski definition) is 7. The molecule has 0 unspecified atom stereocenters. The van der Waals surface area contributed by atoms with Crippen LogP contribution in [0.15, 0.2) is 12.3 Å². The van der Waals surface area contributed by atoms with Crippen LogP contribution in [0.4, 0.5) is 19.1 Å². The molecule has 0 bridgehead atoms. The van der Waals surface area contributed by atoms with Gasteiger partial charge in [0.1, 0.15) is 24.0 Å². The Morgan fingerprint density at radius 1 is 1.32 bits per heavy atom. The first-order valence-electron chi connectivity index (χ1n) is 7.83. The van der Waals surface area contributed by atoms with E-state index in [0.717, 1.165) is 12.3 Å². The smallest absolute Gasteiger partial charge is 0.394 e. The normalized spacial score (nSPS) is 31.6. The number of ether oxygens (including phenoxy) is 3. The fourth-order valence-corrected chi connectivity index (χ4v) is 3.13. The summed E-state index contributed by atoms with van der Waals surface area (Å²) in [7, 11) is 1.58. The van der Waals surface area contributed by atoms with E-state index in [1.807, 2.05) is 0 Å². The molecule has 25 heavy (non-hydrogen) atoms. The maximum absolute atomic E-state index is 12.9. The molecule has 2 aliphatic heterocycles. The highest BCUT2D eigenvalue weighted by Gasteiger charge is 2.53. The van der Waals surface area contributed by atoms with Gasteiger partial charge >= 0.3 is 6.18 Å². The lowest BCUT2D eigenvalue weighted by Gasteiger charge is -2.40. The van der Waals surface area contributed by atoms with E-state index >= 15 is 0 Å². The first kappa shape index (κ1) is 18.3. The molecule has 10 heteroatoms. The van der Waals surface area contributed by atoms with E-state index in [2.05, 4.69) is 9.97 Å². The maximum Gasteiger partial charge on any atom is 0.433 e. The van der Waals surface area contributed by atoms with Gasteiger partial charge in [-0.3, -0.25) is 0 Å². The molecule has 3 rings (SSSR count). The molecular weight excluding hydrogens is 343 g/mol. The standard InChI is InChI=1S/C15H20F3N3O4/c1-14(2)24-11-8(7-23-9(6-22)12(11)25-14)21(3)13-19-5-4-10(20-13)15(16,17)18/h4-5,8-9,11-12,22H,6-7H2,1-3H3/t8-,9+,11+,12-/m0/s1. The van der Waals surface area contributed by atoms with Crippen LogP contribution < -0.4 is 4.90 Å². The van der Waals surface area contributed by atoms with Crippen LogP contribution in [0, 0.1) is 0 Å². The van der Waals surface area contributed by atoms with E-state index in [1.165, 1.54) is 4.90 Å². The van der Waals surface area contributed by atoms with Gasteiger partial charge in [0.25, 0.3) is 0 Å². The van der Waals surface area contributed by atoms with Crippen LogP contribution in [-0.4, -0.2) is 65.5 Å². The molecule has 1 N–H and O–H groups in total. The Labute approximate surface area is 142 Å². The Bertz CT molecular complexity index is 628. The van der Waals surface area contributed by atoms with Crippen LogP contribution in [0.5, 0.6) is 0 Å². The molecule has 7 nitrogen and oxygen atoms in total. The summed E-state index contributed by atoms with van der Waals surface area (Å²) in [5.74, 6) is -0.970. The van der Waals surface area contributed by atoms with E-state index in [1.54, 1.807) is 20.9 Å². The number of aliphatic hydroxyl groups is 1. The zero-order valence-corrected chi connectivity index (χ0v) is 14.0. The zero-order valence-electron chi connectivity index (χ0n) is 14.0. The van der Waals surface area contributed by atoms with Crippen molar-refractivity contribution in [2.45, 2.75) is 50.2 Å². The number of nitrogens with zero attached hydrogens (tertiary/aromatic N) is 3. The van der Waals surface area contributed by atoms with Gasteiger partial charge in [0.2, 0.25) is 5.95 Å². The Kier molecular flexibility index (Phi) is 4.65.